The van der Waals surface area contributed by atoms with E-state index in [0.717, 1.165) is 0 Å². The minimum atomic E-state index is -0.418. The number of aromatic nitrogens is 1. The molecule has 2 aromatic carbocycles. The summed E-state index contributed by atoms with van der Waals surface area (Å²) < 4.78 is 10.8. The van der Waals surface area contributed by atoms with Gasteiger partial charge in [0.05, 0.1) is 17.0 Å². The number of hydrogen-bond acceptors (Lipinski definition) is 5. The van der Waals surface area contributed by atoms with E-state index in [4.69, 9.17) is 32.4 Å². The van der Waals surface area contributed by atoms with Crippen LogP contribution in [0.15, 0.2) is 83.6 Å². The maximum absolute atomic E-state index is 12.8. The Morgan fingerprint density at radius 3 is 2.53 bits per heavy atom. The van der Waals surface area contributed by atoms with Gasteiger partial charge in [0.2, 0.25) is 5.88 Å². The molecule has 0 aliphatic rings. The quantitative estimate of drug-likeness (QED) is 0.348. The van der Waals surface area contributed by atoms with Crippen LogP contribution in [0.3, 0.4) is 0 Å². The number of halogens is 2. The van der Waals surface area contributed by atoms with Crippen molar-refractivity contribution in [3.05, 3.63) is 101 Å². The van der Waals surface area contributed by atoms with Gasteiger partial charge >= 0.3 is 0 Å². The van der Waals surface area contributed by atoms with Gasteiger partial charge in [0, 0.05) is 17.4 Å². The molecule has 2 amide bonds. The fourth-order valence-electron chi connectivity index (χ4n) is 2.77. The largest absolute Gasteiger partial charge is 0.459 e. The highest BCUT2D eigenvalue weighted by Crippen LogP contribution is 2.33. The number of furan rings is 1. The molecule has 0 saturated heterocycles. The van der Waals surface area contributed by atoms with Crippen molar-refractivity contribution >= 4 is 46.4 Å². The Morgan fingerprint density at radius 1 is 0.906 bits per heavy atom. The number of para-hydroxylation sites is 2. The lowest BCUT2D eigenvalue weighted by atomic mass is 10.1. The molecule has 0 bridgehead atoms. The zero-order valence-electron chi connectivity index (χ0n) is 16.3. The van der Waals surface area contributed by atoms with E-state index in [1.807, 2.05) is 0 Å². The molecule has 2 aromatic heterocycles. The zero-order valence-corrected chi connectivity index (χ0v) is 17.9. The lowest BCUT2D eigenvalue weighted by Crippen LogP contribution is -2.14. The zero-order chi connectivity index (χ0) is 22.5. The lowest BCUT2D eigenvalue weighted by molar-refractivity contribution is 0.0993. The summed E-state index contributed by atoms with van der Waals surface area (Å²) in [6.45, 7) is 0. The first-order valence-corrected chi connectivity index (χ1v) is 10.1. The first-order valence-electron chi connectivity index (χ1n) is 9.34. The number of amides is 2. The van der Waals surface area contributed by atoms with Crippen molar-refractivity contribution in [3.63, 3.8) is 0 Å². The minimum absolute atomic E-state index is 0.153. The normalized spacial score (nSPS) is 10.4. The van der Waals surface area contributed by atoms with Crippen molar-refractivity contribution < 1.29 is 18.7 Å². The second-order valence-electron chi connectivity index (χ2n) is 6.51. The summed E-state index contributed by atoms with van der Waals surface area (Å²) in [7, 11) is 0. The molecule has 4 rings (SSSR count). The maximum atomic E-state index is 12.8. The topological polar surface area (TPSA) is 93.5 Å². The van der Waals surface area contributed by atoms with Gasteiger partial charge in [-0.1, -0.05) is 41.4 Å². The molecule has 0 saturated carbocycles. The second kappa shape index (κ2) is 9.55. The standard InChI is InChI=1S/C23H15Cl2N3O4/c24-15-12-17(25)23(26-13-15)32-19-8-2-1-7-18(19)28-21(29)14-5-3-6-16(11-14)27-22(30)20-9-4-10-31-20/h1-13H,(H,27,30)(H,28,29). The Bertz CT molecular complexity index is 1280. The van der Waals surface area contributed by atoms with Gasteiger partial charge in [-0.2, -0.15) is 0 Å². The summed E-state index contributed by atoms with van der Waals surface area (Å²) in [6.07, 6.45) is 2.82. The molecule has 160 valence electrons. The minimum Gasteiger partial charge on any atom is -0.459 e. The number of nitrogens with zero attached hydrogens (tertiary/aromatic N) is 1. The maximum Gasteiger partial charge on any atom is 0.291 e. The van der Waals surface area contributed by atoms with E-state index in [1.165, 1.54) is 18.5 Å². The van der Waals surface area contributed by atoms with Gasteiger partial charge in [0.15, 0.2) is 11.5 Å². The van der Waals surface area contributed by atoms with Crippen LogP contribution >= 0.6 is 23.2 Å². The highest BCUT2D eigenvalue weighted by Gasteiger charge is 2.14. The van der Waals surface area contributed by atoms with E-state index < -0.39 is 11.8 Å². The molecule has 0 spiro atoms. The van der Waals surface area contributed by atoms with Crippen LogP contribution < -0.4 is 15.4 Å². The fourth-order valence-corrected chi connectivity index (χ4v) is 3.19. The van der Waals surface area contributed by atoms with E-state index in [0.29, 0.717) is 27.7 Å². The van der Waals surface area contributed by atoms with Crippen LogP contribution in [0.1, 0.15) is 20.9 Å². The van der Waals surface area contributed by atoms with Gasteiger partial charge in [-0.25, -0.2) is 4.98 Å². The first kappa shape index (κ1) is 21.4. The highest BCUT2D eigenvalue weighted by atomic mass is 35.5. The van der Waals surface area contributed by atoms with Crippen molar-refractivity contribution in [2.24, 2.45) is 0 Å². The molecule has 0 fully saturated rings. The Kier molecular flexibility index (Phi) is 6.39. The lowest BCUT2D eigenvalue weighted by Gasteiger charge is -2.13. The fraction of sp³-hybridized carbons (Fsp3) is 0. The highest BCUT2D eigenvalue weighted by molar-refractivity contribution is 6.35. The third kappa shape index (κ3) is 5.08. The summed E-state index contributed by atoms with van der Waals surface area (Å²) in [5, 5.41) is 6.09. The summed E-state index contributed by atoms with van der Waals surface area (Å²) >= 11 is 12.0. The van der Waals surface area contributed by atoms with Crippen molar-refractivity contribution in [3.8, 4) is 11.6 Å². The first-order chi connectivity index (χ1) is 15.5. The van der Waals surface area contributed by atoms with Crippen molar-refractivity contribution in [2.75, 3.05) is 10.6 Å². The number of anilines is 2. The molecule has 0 atom stereocenters. The average Bonchev–Trinajstić information content (AvgIpc) is 3.32. The van der Waals surface area contributed by atoms with Gasteiger partial charge in [0.1, 0.15) is 5.02 Å². The number of carbonyl (C=O) groups is 2. The number of rotatable bonds is 6. The summed E-state index contributed by atoms with van der Waals surface area (Å²) in [6, 6.07) is 18.0. The van der Waals surface area contributed by atoms with Gasteiger partial charge in [0.25, 0.3) is 11.8 Å². The Balaban J connectivity index is 1.50. The van der Waals surface area contributed by atoms with E-state index in [-0.39, 0.29) is 16.7 Å². The van der Waals surface area contributed by atoms with Crippen LogP contribution in [0.5, 0.6) is 11.6 Å². The molecule has 9 heteroatoms. The van der Waals surface area contributed by atoms with Crippen LogP contribution in [0.25, 0.3) is 0 Å². The third-order valence-electron chi connectivity index (χ3n) is 4.24. The average molecular weight is 468 g/mol. The number of pyridine rings is 1. The molecule has 0 unspecified atom stereocenters. The molecular formula is C23H15Cl2N3O4. The Hall–Kier alpha value is -3.81. The second-order valence-corrected chi connectivity index (χ2v) is 7.35. The van der Waals surface area contributed by atoms with Gasteiger partial charge in [-0.3, -0.25) is 9.59 Å². The molecule has 32 heavy (non-hydrogen) atoms. The predicted molar refractivity (Wildman–Crippen MR) is 122 cm³/mol. The van der Waals surface area contributed by atoms with E-state index in [2.05, 4.69) is 15.6 Å². The van der Waals surface area contributed by atoms with Crippen LogP contribution in [-0.2, 0) is 0 Å². The molecule has 0 aliphatic heterocycles. The summed E-state index contributed by atoms with van der Waals surface area (Å²) in [5.74, 6) is -0.149. The van der Waals surface area contributed by atoms with Crippen LogP contribution in [-0.4, -0.2) is 16.8 Å². The summed E-state index contributed by atoms with van der Waals surface area (Å²) in [4.78, 5) is 29.1. The number of benzene rings is 2. The number of carbonyl (C=O) groups excluding carboxylic acids is 2. The molecule has 2 heterocycles. The number of nitrogens with one attached hydrogen (secondary N) is 2. The van der Waals surface area contributed by atoms with Crippen LogP contribution in [0.4, 0.5) is 11.4 Å². The monoisotopic (exact) mass is 467 g/mol. The molecule has 0 radical (unpaired) electrons. The van der Waals surface area contributed by atoms with E-state index in [9.17, 15) is 9.59 Å². The molecule has 2 N–H and O–H groups in total. The third-order valence-corrected chi connectivity index (χ3v) is 4.72. The van der Waals surface area contributed by atoms with Gasteiger partial charge in [-0.15, -0.1) is 0 Å². The number of hydrogen-bond donors (Lipinski definition) is 2. The van der Waals surface area contributed by atoms with Crippen molar-refractivity contribution in [1.82, 2.24) is 4.98 Å². The smallest absolute Gasteiger partial charge is 0.291 e. The molecule has 0 aliphatic carbocycles. The van der Waals surface area contributed by atoms with Gasteiger partial charge in [-0.05, 0) is 48.5 Å². The predicted octanol–water partition coefficient (Wildman–Crippen LogP) is 6.28. The van der Waals surface area contributed by atoms with E-state index in [1.54, 1.807) is 60.7 Å². The summed E-state index contributed by atoms with van der Waals surface area (Å²) in [5.41, 5.74) is 1.19. The van der Waals surface area contributed by atoms with Crippen LogP contribution in [0, 0.1) is 0 Å². The van der Waals surface area contributed by atoms with Crippen molar-refractivity contribution in [2.45, 2.75) is 0 Å². The number of ether oxygens (including phenoxy) is 1. The van der Waals surface area contributed by atoms with Crippen LogP contribution in [0.2, 0.25) is 10.0 Å². The SMILES string of the molecule is O=C(Nc1ccccc1Oc1ncc(Cl)cc1Cl)c1cccc(NC(=O)c2ccco2)c1. The molecular weight excluding hydrogens is 453 g/mol. The Labute approximate surface area is 192 Å². The molecule has 7 nitrogen and oxygen atoms in total. The van der Waals surface area contributed by atoms with Gasteiger partial charge < -0.3 is 19.8 Å². The van der Waals surface area contributed by atoms with Crippen molar-refractivity contribution in [1.29, 1.82) is 0 Å². The Morgan fingerprint density at radius 2 is 1.75 bits per heavy atom. The molecule has 4 aromatic rings. The van der Waals surface area contributed by atoms with E-state index >= 15 is 0 Å².